The van der Waals surface area contributed by atoms with Crippen molar-refractivity contribution in [3.63, 3.8) is 0 Å². The lowest BCUT2D eigenvalue weighted by Gasteiger charge is -2.25. The van der Waals surface area contributed by atoms with Crippen LogP contribution in [0.15, 0.2) is 18.2 Å². The number of ether oxygens (including phenoxy) is 1. The fraction of sp³-hybridized carbons (Fsp3) is 0.588. The van der Waals surface area contributed by atoms with Gasteiger partial charge in [0, 0.05) is 13.1 Å². The molecule has 0 bridgehead atoms. The number of nitrogens with zero attached hydrogens (tertiary/aromatic N) is 2. The number of benzene rings is 1. The second-order valence-corrected chi connectivity index (χ2v) is 10.0. The van der Waals surface area contributed by atoms with E-state index in [0.717, 1.165) is 4.31 Å². The van der Waals surface area contributed by atoms with Crippen molar-refractivity contribution in [2.24, 2.45) is 0 Å². The zero-order valence-electron chi connectivity index (χ0n) is 15.8. The molecule has 0 radical (unpaired) electrons. The Bertz CT molecular complexity index is 731. The van der Waals surface area contributed by atoms with E-state index in [-0.39, 0.29) is 23.9 Å². The molecule has 0 saturated heterocycles. The molecule has 0 aliphatic heterocycles. The van der Waals surface area contributed by atoms with Gasteiger partial charge in [0.2, 0.25) is 10.0 Å². The van der Waals surface area contributed by atoms with Crippen LogP contribution in [-0.2, 0) is 25.3 Å². The van der Waals surface area contributed by atoms with Crippen LogP contribution in [0.3, 0.4) is 0 Å². The fourth-order valence-corrected chi connectivity index (χ4v) is 3.84. The zero-order chi connectivity index (χ0) is 20.1. The van der Waals surface area contributed by atoms with Gasteiger partial charge < -0.3 is 9.64 Å². The summed E-state index contributed by atoms with van der Waals surface area (Å²) in [6.07, 6.45) is 0. The Kier molecular flexibility index (Phi) is 8.35. The molecule has 0 heterocycles. The minimum atomic E-state index is -3.75. The minimum absolute atomic E-state index is 0.176. The van der Waals surface area contributed by atoms with E-state index in [1.807, 2.05) is 19.0 Å². The highest BCUT2D eigenvalue weighted by atomic mass is 35.5. The quantitative estimate of drug-likeness (QED) is 0.599. The molecule has 1 aromatic rings. The van der Waals surface area contributed by atoms with Crippen molar-refractivity contribution in [2.75, 3.05) is 33.7 Å². The van der Waals surface area contributed by atoms with Gasteiger partial charge in [-0.3, -0.25) is 4.79 Å². The summed E-state index contributed by atoms with van der Waals surface area (Å²) in [7, 11) is -0.0860. The molecule has 1 aromatic carbocycles. The van der Waals surface area contributed by atoms with E-state index < -0.39 is 21.6 Å². The Labute approximate surface area is 166 Å². The molecule has 0 aliphatic rings. The zero-order valence-corrected chi connectivity index (χ0v) is 18.1. The number of hydrogen-bond donors (Lipinski definition) is 0. The number of halogens is 2. The first kappa shape index (κ1) is 23.2. The first-order valence-electron chi connectivity index (χ1n) is 8.08. The Hall–Kier alpha value is -0.860. The summed E-state index contributed by atoms with van der Waals surface area (Å²) >= 11 is 11.8. The maximum atomic E-state index is 12.8. The molecule has 0 fully saturated rings. The lowest BCUT2D eigenvalue weighted by atomic mass is 10.2. The predicted molar refractivity (Wildman–Crippen MR) is 105 cm³/mol. The van der Waals surface area contributed by atoms with Crippen molar-refractivity contribution in [3.05, 3.63) is 33.8 Å². The highest BCUT2D eigenvalue weighted by Crippen LogP contribution is 2.24. The van der Waals surface area contributed by atoms with Crippen LogP contribution in [0.25, 0.3) is 0 Å². The van der Waals surface area contributed by atoms with E-state index in [2.05, 4.69) is 0 Å². The van der Waals surface area contributed by atoms with Crippen molar-refractivity contribution in [1.82, 2.24) is 9.21 Å². The average molecular weight is 425 g/mol. The molecule has 9 heteroatoms. The Morgan fingerprint density at radius 1 is 1.12 bits per heavy atom. The van der Waals surface area contributed by atoms with Gasteiger partial charge >= 0.3 is 5.97 Å². The molecule has 0 unspecified atom stereocenters. The monoisotopic (exact) mass is 424 g/mol. The van der Waals surface area contributed by atoms with Crippen molar-refractivity contribution >= 4 is 39.2 Å². The molecule has 0 amide bonds. The Morgan fingerprint density at radius 2 is 1.73 bits per heavy atom. The maximum Gasteiger partial charge on any atom is 0.321 e. The van der Waals surface area contributed by atoms with Gasteiger partial charge in [0.25, 0.3) is 0 Å². The summed E-state index contributed by atoms with van der Waals surface area (Å²) in [5.41, 5.74) is -0.184. The molecular weight excluding hydrogens is 399 g/mol. The van der Waals surface area contributed by atoms with Crippen LogP contribution in [0, 0.1) is 0 Å². The first-order valence-corrected chi connectivity index (χ1v) is 10.4. The number of carbonyl (C=O) groups is 1. The molecule has 6 nitrogen and oxygen atoms in total. The third-order valence-corrected chi connectivity index (χ3v) is 5.78. The average Bonchev–Trinajstić information content (AvgIpc) is 2.44. The smallest absolute Gasteiger partial charge is 0.321 e. The van der Waals surface area contributed by atoms with Gasteiger partial charge in [0.1, 0.15) is 12.1 Å². The Balaban J connectivity index is 2.98. The normalized spacial score (nSPS) is 12.7. The molecule has 26 heavy (non-hydrogen) atoms. The molecule has 0 spiro atoms. The van der Waals surface area contributed by atoms with Crippen LogP contribution >= 0.6 is 23.2 Å². The van der Waals surface area contributed by atoms with Gasteiger partial charge in [-0.05, 0) is 52.6 Å². The van der Waals surface area contributed by atoms with Crippen LogP contribution in [-0.4, -0.2) is 62.9 Å². The number of likely N-dealkylation sites (N-methyl/N-ethyl adjacent to an activating group) is 1. The van der Waals surface area contributed by atoms with E-state index in [9.17, 15) is 13.2 Å². The lowest BCUT2D eigenvalue weighted by Crippen LogP contribution is -2.42. The summed E-state index contributed by atoms with van der Waals surface area (Å²) in [5, 5.41) is 0.636. The van der Waals surface area contributed by atoms with Crippen molar-refractivity contribution < 1.29 is 17.9 Å². The van der Waals surface area contributed by atoms with E-state index in [0.29, 0.717) is 17.1 Å². The van der Waals surface area contributed by atoms with Gasteiger partial charge in [-0.1, -0.05) is 29.3 Å². The molecule has 0 aliphatic carbocycles. The second kappa shape index (κ2) is 9.37. The number of sulfonamides is 1. The number of hydrogen-bond acceptors (Lipinski definition) is 5. The van der Waals surface area contributed by atoms with Crippen molar-refractivity contribution in [3.8, 4) is 0 Å². The third-order valence-electron chi connectivity index (χ3n) is 3.25. The van der Waals surface area contributed by atoms with Crippen LogP contribution in [0.5, 0.6) is 0 Å². The topological polar surface area (TPSA) is 66.9 Å². The lowest BCUT2D eigenvalue weighted by molar-refractivity contribution is -0.155. The van der Waals surface area contributed by atoms with Gasteiger partial charge in [-0.2, -0.15) is 4.31 Å². The van der Waals surface area contributed by atoms with Gasteiger partial charge in [-0.15, -0.1) is 0 Å². The highest BCUT2D eigenvalue weighted by Gasteiger charge is 2.27. The summed E-state index contributed by atoms with van der Waals surface area (Å²) in [4.78, 5) is 14.0. The summed E-state index contributed by atoms with van der Waals surface area (Å²) in [6, 6.07) is 4.66. The second-order valence-electron chi connectivity index (χ2n) is 7.23. The van der Waals surface area contributed by atoms with Crippen molar-refractivity contribution in [2.45, 2.75) is 32.1 Å². The van der Waals surface area contributed by atoms with E-state index in [1.165, 1.54) is 6.07 Å². The third kappa shape index (κ3) is 8.22. The fourth-order valence-electron chi connectivity index (χ4n) is 2.08. The SMILES string of the molecule is CN(C)CCN(CC(=O)OC(C)(C)C)S(=O)(=O)Cc1ccc(Cl)c(Cl)c1. The largest absolute Gasteiger partial charge is 0.459 e. The number of esters is 1. The molecule has 0 atom stereocenters. The molecule has 148 valence electrons. The van der Waals surface area contributed by atoms with E-state index in [4.69, 9.17) is 27.9 Å². The first-order chi connectivity index (χ1) is 11.8. The van der Waals surface area contributed by atoms with Crippen LogP contribution in [0.1, 0.15) is 26.3 Å². The molecule has 0 saturated carbocycles. The van der Waals surface area contributed by atoms with E-state index >= 15 is 0 Å². The highest BCUT2D eigenvalue weighted by molar-refractivity contribution is 7.88. The predicted octanol–water partition coefficient (Wildman–Crippen LogP) is 3.03. The van der Waals surface area contributed by atoms with E-state index in [1.54, 1.807) is 32.9 Å². The minimum Gasteiger partial charge on any atom is -0.459 e. The van der Waals surface area contributed by atoms with Crippen molar-refractivity contribution in [1.29, 1.82) is 0 Å². The molecule has 1 rings (SSSR count). The summed E-state index contributed by atoms with van der Waals surface area (Å²) < 4.78 is 32.1. The molecule has 0 N–H and O–H groups in total. The van der Waals surface area contributed by atoms with Gasteiger partial charge in [0.05, 0.1) is 15.8 Å². The maximum absolute atomic E-state index is 12.8. The van der Waals surface area contributed by atoms with Crippen LogP contribution < -0.4 is 0 Å². The van der Waals surface area contributed by atoms with Crippen LogP contribution in [0.2, 0.25) is 10.0 Å². The van der Waals surface area contributed by atoms with Gasteiger partial charge in [-0.25, -0.2) is 8.42 Å². The molecule has 0 aromatic heterocycles. The number of rotatable bonds is 8. The standard InChI is InChI=1S/C17H26Cl2N2O4S/c1-17(2,3)25-16(22)11-21(9-8-20(4)5)26(23,24)12-13-6-7-14(18)15(19)10-13/h6-7,10H,8-9,11-12H2,1-5H3. The summed E-state index contributed by atoms with van der Waals surface area (Å²) in [5.74, 6) is -0.867. The Morgan fingerprint density at radius 3 is 2.23 bits per heavy atom. The molecular formula is C17H26Cl2N2O4S. The van der Waals surface area contributed by atoms with Crippen LogP contribution in [0.4, 0.5) is 0 Å². The summed E-state index contributed by atoms with van der Waals surface area (Å²) in [6.45, 7) is 5.52. The van der Waals surface area contributed by atoms with Gasteiger partial charge in [0.15, 0.2) is 0 Å². The number of carbonyl (C=O) groups excluding carboxylic acids is 1.